The lowest BCUT2D eigenvalue weighted by molar-refractivity contribution is 0.0839. The van der Waals surface area contributed by atoms with Gasteiger partial charge in [-0.05, 0) is 31.4 Å². The highest BCUT2D eigenvalue weighted by Crippen LogP contribution is 2.27. The highest BCUT2D eigenvalue weighted by atomic mass is 16.5. The number of nitrogen functional groups attached to an aromatic ring is 1. The molecule has 2 aromatic heterocycles. The molecule has 1 aliphatic heterocycles. The zero-order chi connectivity index (χ0) is 13.4. The minimum Gasteiger partial charge on any atom is -0.378 e. The van der Waals surface area contributed by atoms with Crippen LogP contribution in [0.2, 0.25) is 0 Å². The van der Waals surface area contributed by atoms with Gasteiger partial charge in [0, 0.05) is 25.3 Å². The van der Waals surface area contributed by atoms with Gasteiger partial charge in [0.05, 0.1) is 6.10 Å². The number of pyridine rings is 1. The maximum Gasteiger partial charge on any atom is 0.202 e. The monoisotopic (exact) mass is 260 g/mol. The minimum atomic E-state index is 0.335. The minimum absolute atomic E-state index is 0.335. The van der Waals surface area contributed by atoms with E-state index in [4.69, 9.17) is 10.5 Å². The summed E-state index contributed by atoms with van der Waals surface area (Å²) >= 11 is 0. The Morgan fingerprint density at radius 1 is 1.53 bits per heavy atom. The third-order valence-corrected chi connectivity index (χ3v) is 3.92. The van der Waals surface area contributed by atoms with Crippen LogP contribution in [0.3, 0.4) is 0 Å². The Kier molecular flexibility index (Phi) is 3.14. The predicted molar refractivity (Wildman–Crippen MR) is 74.8 cm³/mol. The fourth-order valence-electron chi connectivity index (χ4n) is 2.90. The molecule has 102 valence electrons. The van der Waals surface area contributed by atoms with E-state index in [0.29, 0.717) is 18.0 Å². The summed E-state index contributed by atoms with van der Waals surface area (Å²) in [4.78, 5) is 8.88. The second-order valence-corrected chi connectivity index (χ2v) is 5.30. The van der Waals surface area contributed by atoms with Crippen LogP contribution in [-0.4, -0.2) is 27.2 Å². The second kappa shape index (κ2) is 4.81. The topological polar surface area (TPSA) is 66.0 Å². The van der Waals surface area contributed by atoms with Crippen LogP contribution in [0.25, 0.3) is 11.2 Å². The van der Waals surface area contributed by atoms with E-state index in [1.54, 1.807) is 0 Å². The summed E-state index contributed by atoms with van der Waals surface area (Å²) < 4.78 is 7.76. The predicted octanol–water partition coefficient (Wildman–Crippen LogP) is 2.14. The number of anilines is 1. The first-order valence-corrected chi connectivity index (χ1v) is 6.89. The molecule has 19 heavy (non-hydrogen) atoms. The van der Waals surface area contributed by atoms with Gasteiger partial charge < -0.3 is 10.5 Å². The van der Waals surface area contributed by atoms with Crippen LogP contribution >= 0.6 is 0 Å². The van der Waals surface area contributed by atoms with E-state index in [9.17, 15) is 0 Å². The highest BCUT2D eigenvalue weighted by molar-refractivity contribution is 5.74. The van der Waals surface area contributed by atoms with Crippen LogP contribution in [-0.2, 0) is 11.3 Å². The maximum absolute atomic E-state index is 6.04. The van der Waals surface area contributed by atoms with E-state index in [-0.39, 0.29) is 0 Å². The van der Waals surface area contributed by atoms with Crippen molar-refractivity contribution in [3.8, 4) is 0 Å². The molecule has 5 nitrogen and oxygen atoms in total. The Bertz CT molecular complexity index is 592. The number of ether oxygens (including phenoxy) is 1. The van der Waals surface area contributed by atoms with E-state index in [1.807, 2.05) is 23.8 Å². The van der Waals surface area contributed by atoms with Crippen LogP contribution in [0.5, 0.6) is 0 Å². The molecular formula is C14H20N4O. The number of rotatable bonds is 3. The van der Waals surface area contributed by atoms with Crippen molar-refractivity contribution in [3.63, 3.8) is 0 Å². The summed E-state index contributed by atoms with van der Waals surface area (Å²) in [6, 6.07) is 2.03. The molecule has 2 unspecified atom stereocenters. The third-order valence-electron chi connectivity index (χ3n) is 3.92. The van der Waals surface area contributed by atoms with Gasteiger partial charge in [-0.1, -0.05) is 6.92 Å². The number of aromatic nitrogens is 3. The van der Waals surface area contributed by atoms with Gasteiger partial charge in [0.25, 0.3) is 0 Å². The Morgan fingerprint density at radius 3 is 3.16 bits per heavy atom. The van der Waals surface area contributed by atoms with Crippen molar-refractivity contribution in [1.29, 1.82) is 0 Å². The van der Waals surface area contributed by atoms with Gasteiger partial charge in [-0.15, -0.1) is 0 Å². The zero-order valence-electron chi connectivity index (χ0n) is 11.5. The van der Waals surface area contributed by atoms with Crippen molar-refractivity contribution in [2.45, 2.75) is 39.3 Å². The first-order valence-electron chi connectivity index (χ1n) is 6.89. The number of nitrogens with two attached hydrogens (primary N) is 1. The summed E-state index contributed by atoms with van der Waals surface area (Å²) in [5.41, 5.74) is 8.90. The van der Waals surface area contributed by atoms with Crippen LogP contribution in [0.4, 0.5) is 5.95 Å². The molecule has 1 saturated heterocycles. The highest BCUT2D eigenvalue weighted by Gasteiger charge is 2.28. The van der Waals surface area contributed by atoms with Crippen LogP contribution in [0, 0.1) is 12.8 Å². The van der Waals surface area contributed by atoms with E-state index in [0.717, 1.165) is 42.7 Å². The maximum atomic E-state index is 6.04. The molecule has 0 spiro atoms. The van der Waals surface area contributed by atoms with Gasteiger partial charge >= 0.3 is 0 Å². The van der Waals surface area contributed by atoms with Crippen molar-refractivity contribution >= 4 is 17.1 Å². The Hall–Kier alpha value is -1.62. The first-order chi connectivity index (χ1) is 9.19. The standard InChI is InChI=1S/C14H20N4O/c1-3-12-10(4-5-19-12)8-18-13-11(17-14(18)15)6-9(2)7-16-13/h6-7,10,12H,3-5,8H2,1-2H3,(H2,15,17). The van der Waals surface area contributed by atoms with Gasteiger partial charge in [0.1, 0.15) is 5.52 Å². The average molecular weight is 260 g/mol. The summed E-state index contributed by atoms with van der Waals surface area (Å²) in [5, 5.41) is 0. The Morgan fingerprint density at radius 2 is 2.37 bits per heavy atom. The number of imidazole rings is 1. The van der Waals surface area contributed by atoms with Crippen LogP contribution < -0.4 is 5.73 Å². The summed E-state index contributed by atoms with van der Waals surface area (Å²) in [6.07, 6.45) is 4.33. The quantitative estimate of drug-likeness (QED) is 0.918. The fourth-order valence-corrected chi connectivity index (χ4v) is 2.90. The molecule has 3 rings (SSSR count). The van der Waals surface area contributed by atoms with E-state index in [2.05, 4.69) is 16.9 Å². The Labute approximate surface area is 112 Å². The van der Waals surface area contributed by atoms with Crippen molar-refractivity contribution < 1.29 is 4.74 Å². The summed E-state index contributed by atoms with van der Waals surface area (Å²) in [5.74, 6) is 1.06. The summed E-state index contributed by atoms with van der Waals surface area (Å²) in [6.45, 7) is 5.87. The lowest BCUT2D eigenvalue weighted by atomic mass is 9.99. The van der Waals surface area contributed by atoms with Crippen molar-refractivity contribution in [2.75, 3.05) is 12.3 Å². The van der Waals surface area contributed by atoms with Gasteiger partial charge in [-0.3, -0.25) is 4.57 Å². The lowest BCUT2D eigenvalue weighted by Gasteiger charge is -2.18. The third kappa shape index (κ3) is 2.18. The number of hydrogen-bond acceptors (Lipinski definition) is 4. The number of hydrogen-bond donors (Lipinski definition) is 1. The largest absolute Gasteiger partial charge is 0.378 e. The molecular weight excluding hydrogens is 240 g/mol. The Balaban J connectivity index is 1.94. The van der Waals surface area contributed by atoms with Gasteiger partial charge in [0.15, 0.2) is 5.65 Å². The molecule has 0 radical (unpaired) electrons. The number of nitrogens with zero attached hydrogens (tertiary/aromatic N) is 3. The number of fused-ring (bicyclic) bond motifs is 1. The molecule has 0 aliphatic carbocycles. The van der Waals surface area contributed by atoms with E-state index < -0.39 is 0 Å². The number of aryl methyl sites for hydroxylation is 1. The molecule has 0 aromatic carbocycles. The molecule has 5 heteroatoms. The molecule has 0 saturated carbocycles. The molecule has 2 aromatic rings. The molecule has 0 bridgehead atoms. The van der Waals surface area contributed by atoms with Crippen molar-refractivity contribution in [1.82, 2.24) is 14.5 Å². The molecule has 2 atom stereocenters. The zero-order valence-corrected chi connectivity index (χ0v) is 11.5. The molecule has 2 N–H and O–H groups in total. The van der Waals surface area contributed by atoms with Gasteiger partial charge in [0.2, 0.25) is 5.95 Å². The van der Waals surface area contributed by atoms with E-state index in [1.165, 1.54) is 0 Å². The van der Waals surface area contributed by atoms with E-state index >= 15 is 0 Å². The SMILES string of the molecule is CCC1OCCC1Cn1c(N)nc2cc(C)cnc21. The first kappa shape index (κ1) is 12.4. The smallest absolute Gasteiger partial charge is 0.202 e. The molecule has 0 amide bonds. The molecule has 3 heterocycles. The lowest BCUT2D eigenvalue weighted by Crippen LogP contribution is -2.21. The van der Waals surface area contributed by atoms with Crippen molar-refractivity contribution in [2.24, 2.45) is 5.92 Å². The second-order valence-electron chi connectivity index (χ2n) is 5.30. The van der Waals surface area contributed by atoms with Crippen molar-refractivity contribution in [3.05, 3.63) is 17.8 Å². The summed E-state index contributed by atoms with van der Waals surface area (Å²) in [7, 11) is 0. The van der Waals surface area contributed by atoms with Gasteiger partial charge in [-0.2, -0.15) is 0 Å². The molecule has 1 fully saturated rings. The normalized spacial score (nSPS) is 23.3. The van der Waals surface area contributed by atoms with Crippen LogP contribution in [0.1, 0.15) is 25.3 Å². The molecule has 1 aliphatic rings. The van der Waals surface area contributed by atoms with Gasteiger partial charge in [-0.25, -0.2) is 9.97 Å². The average Bonchev–Trinajstić information content (AvgIpc) is 2.95. The fraction of sp³-hybridized carbons (Fsp3) is 0.571. The van der Waals surface area contributed by atoms with Crippen LogP contribution in [0.15, 0.2) is 12.3 Å².